The maximum Gasteiger partial charge on any atom is 0.230 e. The molecule has 1 aromatic heterocycles. The molecule has 0 bridgehead atoms. The molecule has 1 aliphatic carbocycles. The van der Waals surface area contributed by atoms with Gasteiger partial charge in [0.1, 0.15) is 11.3 Å². The molecule has 0 saturated heterocycles. The summed E-state index contributed by atoms with van der Waals surface area (Å²) in [6, 6.07) is 15.6. The van der Waals surface area contributed by atoms with Crippen molar-refractivity contribution >= 4 is 16.9 Å². The highest BCUT2D eigenvalue weighted by Gasteiger charge is 2.51. The van der Waals surface area contributed by atoms with Crippen LogP contribution in [0.25, 0.3) is 11.0 Å². The summed E-state index contributed by atoms with van der Waals surface area (Å²) in [5.74, 6) is 0.885. The van der Waals surface area contributed by atoms with E-state index in [0.29, 0.717) is 6.54 Å². The normalized spacial score (nSPS) is 16.2. The third-order valence-electron chi connectivity index (χ3n) is 5.07. The van der Waals surface area contributed by atoms with Gasteiger partial charge in [0.2, 0.25) is 5.91 Å². The number of nitrogens with one attached hydrogen (secondary N) is 1. The first-order valence-corrected chi connectivity index (χ1v) is 8.86. The second-order valence-electron chi connectivity index (χ2n) is 6.95. The third kappa shape index (κ3) is 2.92. The molecule has 4 rings (SSSR count). The van der Waals surface area contributed by atoms with E-state index in [1.54, 1.807) is 7.11 Å². The molecule has 1 N–H and O–H groups in total. The fraction of sp³-hybridized carbons (Fsp3) is 0.350. The predicted octanol–water partition coefficient (Wildman–Crippen LogP) is 2.68. The molecule has 134 valence electrons. The van der Waals surface area contributed by atoms with E-state index in [1.165, 1.54) is 0 Å². The Morgan fingerprint density at radius 1 is 1.23 bits per heavy atom. The smallest absolute Gasteiger partial charge is 0.230 e. The number of para-hydroxylation sites is 1. The van der Waals surface area contributed by atoms with Gasteiger partial charge in [-0.25, -0.2) is 4.68 Å². The minimum absolute atomic E-state index is 0.0386. The fourth-order valence-corrected chi connectivity index (χ4v) is 3.40. The predicted molar refractivity (Wildman–Crippen MR) is 99.0 cm³/mol. The summed E-state index contributed by atoms with van der Waals surface area (Å²) in [6.07, 6.45) is 1.76. The van der Waals surface area contributed by atoms with E-state index in [-0.39, 0.29) is 11.9 Å². The Hall–Kier alpha value is -2.89. The van der Waals surface area contributed by atoms with Gasteiger partial charge in [0.15, 0.2) is 0 Å². The number of hydrogen-bond acceptors (Lipinski definition) is 4. The summed E-state index contributed by atoms with van der Waals surface area (Å²) in [6.45, 7) is 2.59. The molecule has 26 heavy (non-hydrogen) atoms. The Bertz CT molecular complexity index is 928. The monoisotopic (exact) mass is 350 g/mol. The molecule has 1 amide bonds. The first-order chi connectivity index (χ1) is 12.6. The van der Waals surface area contributed by atoms with Crippen LogP contribution in [0.15, 0.2) is 48.5 Å². The van der Waals surface area contributed by atoms with Crippen molar-refractivity contribution in [2.24, 2.45) is 0 Å². The van der Waals surface area contributed by atoms with Crippen molar-refractivity contribution in [1.82, 2.24) is 20.3 Å². The van der Waals surface area contributed by atoms with Crippen LogP contribution in [0.4, 0.5) is 0 Å². The first-order valence-electron chi connectivity index (χ1n) is 8.86. The summed E-state index contributed by atoms with van der Waals surface area (Å²) >= 11 is 0. The second-order valence-corrected chi connectivity index (χ2v) is 6.95. The van der Waals surface area contributed by atoms with Gasteiger partial charge in [0.25, 0.3) is 0 Å². The number of carbonyl (C=O) groups excluding carboxylic acids is 1. The highest BCUT2D eigenvalue weighted by molar-refractivity contribution is 5.91. The Balaban J connectivity index is 1.45. The van der Waals surface area contributed by atoms with Crippen molar-refractivity contribution in [2.75, 3.05) is 7.11 Å². The van der Waals surface area contributed by atoms with Gasteiger partial charge in [-0.1, -0.05) is 29.5 Å². The molecule has 0 radical (unpaired) electrons. The lowest BCUT2D eigenvalue weighted by atomic mass is 9.94. The molecule has 0 aliphatic heterocycles. The van der Waals surface area contributed by atoms with Crippen LogP contribution in [0, 0.1) is 0 Å². The molecule has 1 fully saturated rings. The largest absolute Gasteiger partial charge is 0.497 e. The van der Waals surface area contributed by atoms with Crippen molar-refractivity contribution in [3.8, 4) is 5.75 Å². The van der Waals surface area contributed by atoms with Crippen molar-refractivity contribution < 1.29 is 9.53 Å². The van der Waals surface area contributed by atoms with E-state index in [1.807, 2.05) is 60.1 Å². The number of fused-ring (bicyclic) bond motifs is 1. The molecule has 6 nitrogen and oxygen atoms in total. The zero-order chi connectivity index (χ0) is 18.1. The van der Waals surface area contributed by atoms with Crippen molar-refractivity contribution in [1.29, 1.82) is 0 Å². The zero-order valence-corrected chi connectivity index (χ0v) is 15.0. The highest BCUT2D eigenvalue weighted by Crippen LogP contribution is 2.48. The fourth-order valence-electron chi connectivity index (χ4n) is 3.40. The quantitative estimate of drug-likeness (QED) is 0.742. The zero-order valence-electron chi connectivity index (χ0n) is 15.0. The Kier molecular flexibility index (Phi) is 4.11. The van der Waals surface area contributed by atoms with Gasteiger partial charge in [-0.2, -0.15) is 0 Å². The number of nitrogens with zero attached hydrogens (tertiary/aromatic N) is 3. The molecule has 2 aromatic carbocycles. The van der Waals surface area contributed by atoms with Crippen molar-refractivity contribution in [3.63, 3.8) is 0 Å². The van der Waals surface area contributed by atoms with Crippen LogP contribution in [0.3, 0.4) is 0 Å². The summed E-state index contributed by atoms with van der Waals surface area (Å²) in [4.78, 5) is 12.9. The lowest BCUT2D eigenvalue weighted by Gasteiger charge is -2.20. The first kappa shape index (κ1) is 16.6. The maximum absolute atomic E-state index is 12.9. The van der Waals surface area contributed by atoms with E-state index in [2.05, 4.69) is 15.6 Å². The number of rotatable bonds is 6. The molecule has 6 heteroatoms. The van der Waals surface area contributed by atoms with E-state index in [4.69, 9.17) is 4.74 Å². The van der Waals surface area contributed by atoms with Crippen LogP contribution in [-0.4, -0.2) is 34.1 Å². The van der Waals surface area contributed by atoms with Crippen LogP contribution in [0.1, 0.15) is 25.3 Å². The van der Waals surface area contributed by atoms with Crippen LogP contribution in [0.2, 0.25) is 0 Å². The molecule has 1 heterocycles. The van der Waals surface area contributed by atoms with Gasteiger partial charge in [0, 0.05) is 6.04 Å². The number of hydrogen-bond donors (Lipinski definition) is 1. The third-order valence-corrected chi connectivity index (χ3v) is 5.07. The minimum Gasteiger partial charge on any atom is -0.497 e. The number of methoxy groups -OCH3 is 1. The van der Waals surface area contributed by atoms with Gasteiger partial charge in [-0.15, -0.1) is 5.10 Å². The van der Waals surface area contributed by atoms with Crippen LogP contribution >= 0.6 is 0 Å². The molecule has 1 saturated carbocycles. The number of amides is 1. The van der Waals surface area contributed by atoms with Crippen LogP contribution in [-0.2, 0) is 16.8 Å². The van der Waals surface area contributed by atoms with Crippen LogP contribution in [0.5, 0.6) is 5.75 Å². The van der Waals surface area contributed by atoms with E-state index < -0.39 is 5.41 Å². The number of benzene rings is 2. The Morgan fingerprint density at radius 2 is 1.96 bits per heavy atom. The minimum atomic E-state index is -0.398. The molecule has 0 unspecified atom stereocenters. The molecule has 1 aliphatic rings. The van der Waals surface area contributed by atoms with Gasteiger partial charge >= 0.3 is 0 Å². The summed E-state index contributed by atoms with van der Waals surface area (Å²) in [5.41, 5.74) is 2.49. The van der Waals surface area contributed by atoms with Crippen molar-refractivity contribution in [3.05, 3.63) is 54.1 Å². The van der Waals surface area contributed by atoms with E-state index in [9.17, 15) is 4.79 Å². The Morgan fingerprint density at radius 3 is 2.65 bits per heavy atom. The lowest BCUT2D eigenvalue weighted by Crippen LogP contribution is -2.42. The molecule has 0 spiro atoms. The number of carbonyl (C=O) groups is 1. The highest BCUT2D eigenvalue weighted by atomic mass is 16.5. The standard InChI is InChI=1S/C20H22N4O2/c1-14(13-24-18-6-4-3-5-17(18)22-23-24)21-19(25)20(11-12-20)15-7-9-16(26-2)10-8-15/h3-10,14H,11-13H2,1-2H3,(H,21,25)/t14-/m0/s1. The molecular weight excluding hydrogens is 328 g/mol. The molecule has 1 atom stereocenters. The van der Waals surface area contributed by atoms with Gasteiger partial charge in [0.05, 0.1) is 24.6 Å². The summed E-state index contributed by atoms with van der Waals surface area (Å²) in [7, 11) is 1.64. The number of ether oxygens (including phenoxy) is 1. The topological polar surface area (TPSA) is 69.0 Å². The maximum atomic E-state index is 12.9. The summed E-state index contributed by atoms with van der Waals surface area (Å²) in [5, 5.41) is 11.5. The van der Waals surface area contributed by atoms with Gasteiger partial charge < -0.3 is 10.1 Å². The summed E-state index contributed by atoms with van der Waals surface area (Å²) < 4.78 is 7.05. The second kappa shape index (κ2) is 6.44. The van der Waals surface area contributed by atoms with Crippen molar-refractivity contribution in [2.45, 2.75) is 37.8 Å². The lowest BCUT2D eigenvalue weighted by molar-refractivity contribution is -0.124. The SMILES string of the molecule is COc1ccc(C2(C(=O)N[C@@H](C)Cn3nnc4ccccc43)CC2)cc1. The van der Waals surface area contributed by atoms with Gasteiger partial charge in [-0.05, 0) is 49.6 Å². The van der Waals surface area contributed by atoms with Crippen LogP contribution < -0.4 is 10.1 Å². The van der Waals surface area contributed by atoms with E-state index >= 15 is 0 Å². The average Bonchev–Trinajstić information content (AvgIpc) is 3.39. The van der Waals surface area contributed by atoms with E-state index in [0.717, 1.165) is 35.2 Å². The molecule has 3 aromatic rings. The Labute approximate surface area is 152 Å². The number of aromatic nitrogens is 3. The average molecular weight is 350 g/mol. The molecular formula is C20H22N4O2. The van der Waals surface area contributed by atoms with Gasteiger partial charge in [-0.3, -0.25) is 4.79 Å².